The number of carbonyl (C=O) groups is 7. The smallest absolute Gasteiger partial charge is 0.338 e. The van der Waals surface area contributed by atoms with Crippen molar-refractivity contribution in [1.82, 2.24) is 0 Å². The Labute approximate surface area is 339 Å². The van der Waals surface area contributed by atoms with Crippen molar-refractivity contribution >= 4 is 41.8 Å². The predicted octanol–water partition coefficient (Wildman–Crippen LogP) is 5.00. The van der Waals surface area contributed by atoms with Crippen LogP contribution in [-0.4, -0.2) is 94.7 Å². The molecule has 0 radical (unpaired) electrons. The third-order valence-electron chi connectivity index (χ3n) is 10.3. The van der Waals surface area contributed by atoms with Crippen LogP contribution in [0.25, 0.3) is 0 Å². The molecule has 15 heteroatoms. The van der Waals surface area contributed by atoms with E-state index in [2.05, 4.69) is 6.58 Å². The van der Waals surface area contributed by atoms with Crippen molar-refractivity contribution in [2.75, 3.05) is 0 Å². The Bertz CT molecular complexity index is 1760. The summed E-state index contributed by atoms with van der Waals surface area (Å²) in [5.41, 5.74) is -5.79. The van der Waals surface area contributed by atoms with Gasteiger partial charge in [-0.05, 0) is 19.1 Å². The number of rotatable bonds is 10. The van der Waals surface area contributed by atoms with Gasteiger partial charge in [-0.3, -0.25) is 28.8 Å². The van der Waals surface area contributed by atoms with Crippen LogP contribution in [-0.2, 0) is 61.9 Å². The number of fused-ring (bicyclic) bond motifs is 1. The molecule has 0 aromatic heterocycles. The van der Waals surface area contributed by atoms with Gasteiger partial charge in [0.15, 0.2) is 24.4 Å². The molecule has 1 N–H and O–H groups in total. The second-order valence-electron chi connectivity index (χ2n) is 16.6. The first-order chi connectivity index (χ1) is 26.7. The zero-order valence-electron chi connectivity index (χ0n) is 35.4. The van der Waals surface area contributed by atoms with Crippen LogP contribution in [0.1, 0.15) is 99.9 Å². The molecule has 1 aromatic carbocycles. The van der Waals surface area contributed by atoms with Gasteiger partial charge in [0.2, 0.25) is 0 Å². The van der Waals surface area contributed by atoms with E-state index in [1.54, 1.807) is 51.1 Å². The minimum Gasteiger partial charge on any atom is -0.458 e. The molecule has 2 aliphatic carbocycles. The highest BCUT2D eigenvalue weighted by atomic mass is 16.6. The zero-order chi connectivity index (χ0) is 44.1. The third kappa shape index (κ3) is 10.9. The lowest BCUT2D eigenvalue weighted by Crippen LogP contribution is -2.60. The number of esters is 7. The number of hydrogen-bond acceptors (Lipinski definition) is 15. The van der Waals surface area contributed by atoms with E-state index < -0.39 is 125 Å². The minimum atomic E-state index is -2.43. The molecular formula is C43H58O15. The Kier molecular flexibility index (Phi) is 15.2. The number of carbonyl (C=O) groups excluding carboxylic acids is 7. The lowest BCUT2D eigenvalue weighted by Gasteiger charge is -2.46. The first-order valence-corrected chi connectivity index (χ1v) is 19.2. The summed E-state index contributed by atoms with van der Waals surface area (Å²) in [6, 6.07) is 7.93. The van der Waals surface area contributed by atoms with Gasteiger partial charge in [-0.15, -0.1) is 0 Å². The summed E-state index contributed by atoms with van der Waals surface area (Å²) in [7, 11) is 0. The Balaban J connectivity index is 2.63. The lowest BCUT2D eigenvalue weighted by atomic mass is 9.71. The van der Waals surface area contributed by atoms with E-state index in [-0.39, 0.29) is 11.1 Å². The van der Waals surface area contributed by atoms with E-state index in [1.165, 1.54) is 46.8 Å². The molecule has 1 fully saturated rings. The normalized spacial score (nSPS) is 31.3. The Hall–Kier alpha value is -5.05. The highest BCUT2D eigenvalue weighted by Crippen LogP contribution is 2.54. The van der Waals surface area contributed by atoms with Crippen LogP contribution in [0.5, 0.6) is 0 Å². The van der Waals surface area contributed by atoms with Crippen molar-refractivity contribution in [3.05, 3.63) is 60.2 Å². The van der Waals surface area contributed by atoms with Gasteiger partial charge in [-0.2, -0.15) is 0 Å². The summed E-state index contributed by atoms with van der Waals surface area (Å²) in [4.78, 5) is 92.9. The summed E-state index contributed by atoms with van der Waals surface area (Å²) in [6.07, 6.45) is -7.34. The van der Waals surface area contributed by atoms with Gasteiger partial charge < -0.3 is 38.3 Å². The summed E-state index contributed by atoms with van der Waals surface area (Å²) < 4.78 is 42.0. The number of ether oxygens (including phenoxy) is 7. The molecular weight excluding hydrogens is 756 g/mol. The molecule has 15 nitrogen and oxygen atoms in total. The van der Waals surface area contributed by atoms with Crippen molar-refractivity contribution in [1.29, 1.82) is 0 Å². The number of benzene rings is 1. The van der Waals surface area contributed by atoms with Crippen molar-refractivity contribution in [3.63, 3.8) is 0 Å². The molecule has 0 saturated heterocycles. The summed E-state index contributed by atoms with van der Waals surface area (Å²) in [6.45, 7) is 21.1. The molecule has 0 spiro atoms. The molecule has 320 valence electrons. The Morgan fingerprint density at radius 1 is 0.690 bits per heavy atom. The Morgan fingerprint density at radius 3 is 1.67 bits per heavy atom. The third-order valence-corrected chi connectivity index (χ3v) is 10.3. The van der Waals surface area contributed by atoms with Crippen LogP contribution in [0.4, 0.5) is 0 Å². The number of aliphatic hydroxyl groups is 1. The monoisotopic (exact) mass is 814 g/mol. The first-order valence-electron chi connectivity index (χ1n) is 19.2. The van der Waals surface area contributed by atoms with Crippen LogP contribution in [0.2, 0.25) is 0 Å². The second-order valence-corrected chi connectivity index (χ2v) is 16.6. The fourth-order valence-electron chi connectivity index (χ4n) is 7.66. The van der Waals surface area contributed by atoms with Crippen molar-refractivity contribution < 1.29 is 71.8 Å². The molecule has 0 heterocycles. The maximum absolute atomic E-state index is 14.0. The van der Waals surface area contributed by atoms with Gasteiger partial charge in [0, 0.05) is 51.0 Å². The molecule has 0 bridgehead atoms. The van der Waals surface area contributed by atoms with Gasteiger partial charge in [0.25, 0.3) is 0 Å². The van der Waals surface area contributed by atoms with E-state index >= 15 is 0 Å². The standard InChI is InChI=1S/C43H58O15/c1-22(2)38(48)55-32-25(6)33(56-39(49)23(3)4)34(52-26(7)44)37(54-28(9)46)41(11,12)20-19-24(5)35(57-40(50)30-17-15-14-16-18-30)43(51)21-42(13,58-29(10)47)36(31(32)43)53-27(8)45/h14-20,22-24,31-37,51H,6,21H2,1-5,7-13H3/b20-19+/t24-,31-,32-,33-,34+,35+,36+,37+,42+,43+/m0/s1. The highest BCUT2D eigenvalue weighted by molar-refractivity contribution is 5.89. The first kappa shape index (κ1) is 47.3. The lowest BCUT2D eigenvalue weighted by molar-refractivity contribution is -0.198. The molecule has 1 aromatic rings. The second kappa shape index (κ2) is 18.7. The van der Waals surface area contributed by atoms with Gasteiger partial charge >= 0.3 is 41.8 Å². The van der Waals surface area contributed by atoms with Gasteiger partial charge in [-0.1, -0.05) is 85.4 Å². The van der Waals surface area contributed by atoms with E-state index in [0.717, 1.165) is 27.7 Å². The molecule has 2 aliphatic rings. The largest absolute Gasteiger partial charge is 0.458 e. The maximum atomic E-state index is 14.0. The fraction of sp³-hybridized carbons (Fsp3) is 0.605. The molecule has 0 aliphatic heterocycles. The SMILES string of the molecule is C=C1[C@H](OC(=O)C(C)C)[C@@H](OC(C)=O)[C@@H](OC(C)=O)C(C)(C)/C=C/[C@H](C)[C@@H](OC(=O)c2ccccc2)[C@@]2(O)C[C@@](C)(OC(C)=O)[C@H](OC(C)=O)[C@@H]2[C@H]1OC(=O)C(C)C. The Morgan fingerprint density at radius 2 is 1.19 bits per heavy atom. The van der Waals surface area contributed by atoms with Crippen LogP contribution in [0.3, 0.4) is 0 Å². The van der Waals surface area contributed by atoms with Crippen LogP contribution >= 0.6 is 0 Å². The number of hydrogen-bond donors (Lipinski definition) is 1. The molecule has 1 saturated carbocycles. The van der Waals surface area contributed by atoms with Gasteiger partial charge in [0.05, 0.1) is 23.3 Å². The maximum Gasteiger partial charge on any atom is 0.338 e. The van der Waals surface area contributed by atoms with Crippen molar-refractivity contribution in [2.45, 2.75) is 137 Å². The molecule has 3 rings (SSSR count). The highest BCUT2D eigenvalue weighted by Gasteiger charge is 2.70. The van der Waals surface area contributed by atoms with E-state index in [1.807, 2.05) is 0 Å². The van der Waals surface area contributed by atoms with Crippen LogP contribution in [0, 0.1) is 29.1 Å². The molecule has 10 atom stereocenters. The molecule has 0 unspecified atom stereocenters. The summed E-state index contributed by atoms with van der Waals surface area (Å²) >= 11 is 0. The van der Waals surface area contributed by atoms with Gasteiger partial charge in [-0.25, -0.2) is 4.79 Å². The quantitative estimate of drug-likeness (QED) is 0.187. The van der Waals surface area contributed by atoms with Crippen LogP contribution in [0.15, 0.2) is 54.6 Å². The molecule has 58 heavy (non-hydrogen) atoms. The van der Waals surface area contributed by atoms with Gasteiger partial charge in [0.1, 0.15) is 23.4 Å². The van der Waals surface area contributed by atoms with Crippen LogP contribution < -0.4 is 0 Å². The van der Waals surface area contributed by atoms with E-state index in [4.69, 9.17) is 33.2 Å². The summed E-state index contributed by atoms with van der Waals surface area (Å²) in [5.74, 6) is -10.2. The zero-order valence-corrected chi connectivity index (χ0v) is 35.4. The van der Waals surface area contributed by atoms with Crippen molar-refractivity contribution in [2.24, 2.45) is 29.1 Å². The fourth-order valence-corrected chi connectivity index (χ4v) is 7.66. The van der Waals surface area contributed by atoms with Crippen molar-refractivity contribution in [3.8, 4) is 0 Å². The minimum absolute atomic E-state index is 0.120. The molecule has 0 amide bonds. The average Bonchev–Trinajstić information content (AvgIpc) is 3.32. The predicted molar refractivity (Wildman–Crippen MR) is 206 cm³/mol. The summed E-state index contributed by atoms with van der Waals surface area (Å²) in [5, 5.41) is 13.5. The van der Waals surface area contributed by atoms with E-state index in [9.17, 15) is 38.7 Å². The average molecular weight is 815 g/mol. The van der Waals surface area contributed by atoms with E-state index in [0.29, 0.717) is 0 Å². The topological polar surface area (TPSA) is 204 Å².